The molecule has 6 nitrogen and oxygen atoms in total. The van der Waals surface area contributed by atoms with E-state index >= 15 is 0 Å². The molecule has 1 aliphatic carbocycles. The fraction of sp³-hybridized carbons (Fsp3) is 0.360. The fourth-order valence-electron chi connectivity index (χ4n) is 4.60. The van der Waals surface area contributed by atoms with Crippen LogP contribution >= 0.6 is 11.3 Å². The molecule has 1 fully saturated rings. The molecule has 2 heterocycles. The van der Waals surface area contributed by atoms with Gasteiger partial charge in [0.1, 0.15) is 11.4 Å². The van der Waals surface area contributed by atoms with Crippen LogP contribution in [-0.2, 0) is 11.8 Å². The predicted octanol–water partition coefficient (Wildman–Crippen LogP) is 4.71. The lowest BCUT2D eigenvalue weighted by Crippen LogP contribution is -2.39. The monoisotopic (exact) mass is 450 g/mol. The van der Waals surface area contributed by atoms with Crippen molar-refractivity contribution in [2.45, 2.75) is 37.5 Å². The highest BCUT2D eigenvalue weighted by Crippen LogP contribution is 2.44. The lowest BCUT2D eigenvalue weighted by molar-refractivity contribution is 0.0938. The molecule has 7 heteroatoms. The van der Waals surface area contributed by atoms with Crippen molar-refractivity contribution in [2.75, 3.05) is 20.4 Å². The van der Waals surface area contributed by atoms with E-state index in [9.17, 15) is 4.79 Å². The van der Waals surface area contributed by atoms with E-state index < -0.39 is 0 Å². The van der Waals surface area contributed by atoms with Gasteiger partial charge in [0, 0.05) is 23.8 Å². The summed E-state index contributed by atoms with van der Waals surface area (Å²) in [5, 5.41) is 5.92. The van der Waals surface area contributed by atoms with Crippen LogP contribution in [0.4, 0.5) is 0 Å². The zero-order valence-corrected chi connectivity index (χ0v) is 18.9. The number of aromatic nitrogens is 1. The zero-order chi connectivity index (χ0) is 22.0. The molecule has 1 aromatic heterocycles. The molecule has 32 heavy (non-hydrogen) atoms. The molecule has 1 amide bonds. The number of hydrogen-bond donors (Lipinski definition) is 1. The summed E-state index contributed by atoms with van der Waals surface area (Å²) in [5.41, 5.74) is 2.76. The maximum Gasteiger partial charge on any atom is 0.270 e. The highest BCUT2D eigenvalue weighted by atomic mass is 32.1. The standard InChI is InChI=1S/C25H26N2O4S/c1-29-19-7-4-17(5-8-19)12-23-27-20(14-32-23)24(28)26-15-25(10-2-3-11-25)18-6-9-21-22(13-18)31-16-30-21/h4-9,13-14H,2-3,10-12,15-16H2,1H3,(H,26,28). The lowest BCUT2D eigenvalue weighted by Gasteiger charge is -2.30. The van der Waals surface area contributed by atoms with Gasteiger partial charge in [-0.1, -0.05) is 31.0 Å². The van der Waals surface area contributed by atoms with Gasteiger partial charge in [0.15, 0.2) is 11.5 Å². The molecule has 166 valence electrons. The SMILES string of the molecule is COc1ccc(Cc2nc(C(=O)NCC3(c4ccc5c(c4)OCO5)CCCC3)cs2)cc1. The average molecular weight is 451 g/mol. The van der Waals surface area contributed by atoms with E-state index in [-0.39, 0.29) is 18.1 Å². The van der Waals surface area contributed by atoms with Crippen molar-refractivity contribution in [1.29, 1.82) is 0 Å². The minimum absolute atomic E-state index is 0.0708. The number of rotatable bonds is 7. The minimum Gasteiger partial charge on any atom is -0.497 e. The highest BCUT2D eigenvalue weighted by molar-refractivity contribution is 7.09. The van der Waals surface area contributed by atoms with Crippen molar-refractivity contribution in [3.05, 3.63) is 69.7 Å². The summed E-state index contributed by atoms with van der Waals surface area (Å²) in [4.78, 5) is 17.5. The Morgan fingerprint density at radius 1 is 1.12 bits per heavy atom. The predicted molar refractivity (Wildman–Crippen MR) is 123 cm³/mol. The Hall–Kier alpha value is -3.06. The number of fused-ring (bicyclic) bond motifs is 1. The first-order valence-corrected chi connectivity index (χ1v) is 11.8. The van der Waals surface area contributed by atoms with E-state index in [2.05, 4.69) is 22.4 Å². The van der Waals surface area contributed by atoms with Crippen molar-refractivity contribution in [3.8, 4) is 17.2 Å². The third-order valence-corrected chi connectivity index (χ3v) is 7.28. The van der Waals surface area contributed by atoms with E-state index in [0.29, 0.717) is 18.7 Å². The Morgan fingerprint density at radius 2 is 1.91 bits per heavy atom. The van der Waals surface area contributed by atoms with Gasteiger partial charge in [-0.3, -0.25) is 4.79 Å². The van der Waals surface area contributed by atoms with Gasteiger partial charge in [0.05, 0.1) is 12.1 Å². The third kappa shape index (κ3) is 4.17. The van der Waals surface area contributed by atoms with Crippen LogP contribution in [0.25, 0.3) is 0 Å². The number of ether oxygens (including phenoxy) is 3. The molecule has 0 bridgehead atoms. The maximum atomic E-state index is 12.9. The molecule has 0 radical (unpaired) electrons. The van der Waals surface area contributed by atoms with Crippen LogP contribution < -0.4 is 19.5 Å². The molecule has 5 rings (SSSR count). The summed E-state index contributed by atoms with van der Waals surface area (Å²) >= 11 is 1.52. The van der Waals surface area contributed by atoms with Crippen LogP contribution in [0.15, 0.2) is 47.8 Å². The Balaban J connectivity index is 1.25. The Bertz CT molecular complexity index is 1100. The Morgan fingerprint density at radius 3 is 2.69 bits per heavy atom. The normalized spacial score (nSPS) is 16.2. The van der Waals surface area contributed by atoms with Crippen LogP contribution in [0.3, 0.4) is 0 Å². The topological polar surface area (TPSA) is 69.7 Å². The van der Waals surface area contributed by atoms with Gasteiger partial charge < -0.3 is 19.5 Å². The molecule has 0 spiro atoms. The van der Waals surface area contributed by atoms with Crippen LogP contribution in [0.2, 0.25) is 0 Å². The summed E-state index contributed by atoms with van der Waals surface area (Å²) in [6, 6.07) is 14.1. The largest absolute Gasteiger partial charge is 0.497 e. The fourth-order valence-corrected chi connectivity index (χ4v) is 5.41. The molecule has 0 unspecified atom stereocenters. The van der Waals surface area contributed by atoms with Crippen LogP contribution in [-0.4, -0.2) is 31.3 Å². The van der Waals surface area contributed by atoms with Gasteiger partial charge >= 0.3 is 0 Å². The van der Waals surface area contributed by atoms with Crippen molar-refractivity contribution in [1.82, 2.24) is 10.3 Å². The molecule has 0 atom stereocenters. The van der Waals surface area contributed by atoms with Gasteiger partial charge in [-0.2, -0.15) is 0 Å². The smallest absolute Gasteiger partial charge is 0.270 e. The molecule has 2 aromatic carbocycles. The second-order valence-electron chi connectivity index (χ2n) is 8.39. The number of hydrogen-bond acceptors (Lipinski definition) is 6. The zero-order valence-electron chi connectivity index (χ0n) is 18.1. The molecule has 2 aliphatic rings. The number of thiazole rings is 1. The Kier molecular flexibility index (Phi) is 5.74. The van der Waals surface area contributed by atoms with E-state index in [0.717, 1.165) is 53.5 Å². The van der Waals surface area contributed by atoms with E-state index in [1.54, 1.807) is 7.11 Å². The first-order valence-electron chi connectivity index (χ1n) is 10.9. The molecule has 1 N–H and O–H groups in total. The number of benzene rings is 2. The number of nitrogens with zero attached hydrogens (tertiary/aromatic N) is 1. The summed E-state index contributed by atoms with van der Waals surface area (Å²) in [6.07, 6.45) is 5.11. The summed E-state index contributed by atoms with van der Waals surface area (Å²) in [7, 11) is 1.66. The summed E-state index contributed by atoms with van der Waals surface area (Å²) in [5.74, 6) is 2.30. The maximum absolute atomic E-state index is 12.9. The van der Waals surface area contributed by atoms with Gasteiger partial charge in [0.25, 0.3) is 5.91 Å². The van der Waals surface area contributed by atoms with Crippen molar-refractivity contribution < 1.29 is 19.0 Å². The number of carbonyl (C=O) groups is 1. The van der Waals surface area contributed by atoms with Crippen LogP contribution in [0, 0.1) is 0 Å². The molecule has 1 saturated carbocycles. The van der Waals surface area contributed by atoms with E-state index in [1.165, 1.54) is 16.9 Å². The van der Waals surface area contributed by atoms with Crippen molar-refractivity contribution >= 4 is 17.2 Å². The van der Waals surface area contributed by atoms with Crippen molar-refractivity contribution in [3.63, 3.8) is 0 Å². The third-order valence-electron chi connectivity index (χ3n) is 6.43. The van der Waals surface area contributed by atoms with Gasteiger partial charge in [-0.05, 0) is 48.2 Å². The molecular weight excluding hydrogens is 424 g/mol. The number of methoxy groups -OCH3 is 1. The second kappa shape index (κ2) is 8.82. The first-order chi connectivity index (χ1) is 15.6. The lowest BCUT2D eigenvalue weighted by atomic mass is 9.78. The minimum atomic E-state index is -0.116. The number of amides is 1. The average Bonchev–Trinajstić information content (AvgIpc) is 3.58. The summed E-state index contributed by atoms with van der Waals surface area (Å²) in [6.45, 7) is 0.863. The molecular formula is C25H26N2O4S. The van der Waals surface area contributed by atoms with Crippen LogP contribution in [0.1, 0.15) is 52.3 Å². The van der Waals surface area contributed by atoms with Crippen LogP contribution in [0.5, 0.6) is 17.2 Å². The highest BCUT2D eigenvalue weighted by Gasteiger charge is 2.37. The first kappa shape index (κ1) is 20.8. The number of carbonyl (C=O) groups excluding carboxylic acids is 1. The second-order valence-corrected chi connectivity index (χ2v) is 9.33. The van der Waals surface area contributed by atoms with E-state index in [1.807, 2.05) is 35.7 Å². The molecule has 0 saturated heterocycles. The van der Waals surface area contributed by atoms with Gasteiger partial charge in [0.2, 0.25) is 6.79 Å². The van der Waals surface area contributed by atoms with Crippen molar-refractivity contribution in [2.24, 2.45) is 0 Å². The molecule has 1 aliphatic heterocycles. The van der Waals surface area contributed by atoms with Gasteiger partial charge in [-0.25, -0.2) is 4.98 Å². The Labute approximate surface area is 191 Å². The summed E-state index contributed by atoms with van der Waals surface area (Å²) < 4.78 is 16.2. The van der Waals surface area contributed by atoms with Gasteiger partial charge in [-0.15, -0.1) is 11.3 Å². The quantitative estimate of drug-likeness (QED) is 0.564. The number of nitrogens with one attached hydrogen (secondary N) is 1. The molecule has 3 aromatic rings. The van der Waals surface area contributed by atoms with E-state index in [4.69, 9.17) is 14.2 Å².